The van der Waals surface area contributed by atoms with Crippen molar-refractivity contribution in [3.8, 4) is 10.7 Å². The average molecular weight is 287 g/mol. The molecule has 2 unspecified atom stereocenters. The lowest BCUT2D eigenvalue weighted by molar-refractivity contribution is 0.135. The van der Waals surface area contributed by atoms with E-state index in [0.717, 1.165) is 10.4 Å². The quantitative estimate of drug-likeness (QED) is 0.798. The summed E-state index contributed by atoms with van der Waals surface area (Å²) >= 11 is 1.45. The van der Waals surface area contributed by atoms with Gasteiger partial charge in [-0.25, -0.2) is 0 Å². The molecule has 6 heteroatoms. The number of thiazole rings is 1. The third-order valence-corrected chi connectivity index (χ3v) is 3.87. The van der Waals surface area contributed by atoms with Crippen LogP contribution >= 0.6 is 11.3 Å². The van der Waals surface area contributed by atoms with Gasteiger partial charge in [-0.3, -0.25) is 4.98 Å². The van der Waals surface area contributed by atoms with E-state index in [0.29, 0.717) is 11.7 Å². The molecule has 102 valence electrons. The Balaban J connectivity index is 1.82. The van der Waals surface area contributed by atoms with Gasteiger partial charge < -0.3 is 9.63 Å². The van der Waals surface area contributed by atoms with Gasteiger partial charge in [-0.1, -0.05) is 42.4 Å². The molecule has 0 amide bonds. The fraction of sp³-hybridized carbons (Fsp3) is 0.214. The van der Waals surface area contributed by atoms with Crippen molar-refractivity contribution in [2.75, 3.05) is 0 Å². The summed E-state index contributed by atoms with van der Waals surface area (Å²) in [5, 5.41) is 14.3. The molecule has 1 N–H and O–H groups in total. The number of aliphatic hydroxyl groups is 1. The van der Waals surface area contributed by atoms with Gasteiger partial charge in [0.25, 0.3) is 0 Å². The summed E-state index contributed by atoms with van der Waals surface area (Å²) in [7, 11) is 0. The van der Waals surface area contributed by atoms with E-state index >= 15 is 0 Å². The molecule has 3 aromatic rings. The first-order chi connectivity index (χ1) is 9.75. The van der Waals surface area contributed by atoms with E-state index in [2.05, 4.69) is 15.1 Å². The van der Waals surface area contributed by atoms with Crippen LogP contribution in [-0.4, -0.2) is 20.2 Å². The summed E-state index contributed by atoms with van der Waals surface area (Å²) in [6.45, 7) is 1.86. The summed E-state index contributed by atoms with van der Waals surface area (Å²) in [5.74, 6) is 0.658. The Kier molecular flexibility index (Phi) is 3.58. The Morgan fingerprint density at radius 3 is 2.75 bits per heavy atom. The smallest absolute Gasteiger partial charge is 0.232 e. The van der Waals surface area contributed by atoms with Gasteiger partial charge >= 0.3 is 0 Å². The maximum Gasteiger partial charge on any atom is 0.232 e. The number of hydrogen-bond donors (Lipinski definition) is 1. The molecule has 0 aliphatic rings. The lowest BCUT2D eigenvalue weighted by Crippen LogP contribution is -2.07. The fourth-order valence-corrected chi connectivity index (χ4v) is 2.47. The Bertz CT molecular complexity index is 667. The SMILES string of the molecule is CC(c1nc(-c2cncs2)no1)C(O)c1ccccc1. The van der Waals surface area contributed by atoms with Crippen LogP contribution in [0, 0.1) is 0 Å². The van der Waals surface area contributed by atoms with Crippen molar-refractivity contribution in [2.45, 2.75) is 18.9 Å². The third kappa shape index (κ3) is 2.48. The van der Waals surface area contributed by atoms with Crippen molar-refractivity contribution < 1.29 is 9.63 Å². The number of rotatable bonds is 4. The highest BCUT2D eigenvalue weighted by Crippen LogP contribution is 2.30. The molecule has 2 atom stereocenters. The molecule has 5 nitrogen and oxygen atoms in total. The van der Waals surface area contributed by atoms with Gasteiger partial charge in [0.1, 0.15) is 0 Å². The summed E-state index contributed by atoms with van der Waals surface area (Å²) in [5.41, 5.74) is 2.55. The zero-order valence-electron chi connectivity index (χ0n) is 10.8. The molecule has 20 heavy (non-hydrogen) atoms. The van der Waals surface area contributed by atoms with Crippen LogP contribution in [0.1, 0.15) is 30.4 Å². The van der Waals surface area contributed by atoms with Crippen LogP contribution in [0.15, 0.2) is 46.6 Å². The van der Waals surface area contributed by atoms with Gasteiger partial charge in [0.15, 0.2) is 0 Å². The lowest BCUT2D eigenvalue weighted by Gasteiger charge is -2.15. The first kappa shape index (κ1) is 13.0. The molecule has 0 saturated heterocycles. The van der Waals surface area contributed by atoms with Gasteiger partial charge in [0, 0.05) is 6.20 Å². The van der Waals surface area contributed by atoms with E-state index in [-0.39, 0.29) is 5.92 Å². The molecule has 0 aliphatic heterocycles. The molecule has 1 aromatic carbocycles. The summed E-state index contributed by atoms with van der Waals surface area (Å²) in [4.78, 5) is 9.16. The maximum absolute atomic E-state index is 10.3. The largest absolute Gasteiger partial charge is 0.388 e. The first-order valence-electron chi connectivity index (χ1n) is 6.21. The second-order valence-corrected chi connectivity index (χ2v) is 5.35. The first-order valence-corrected chi connectivity index (χ1v) is 7.09. The highest BCUT2D eigenvalue weighted by molar-refractivity contribution is 7.13. The Morgan fingerprint density at radius 1 is 1.25 bits per heavy atom. The Labute approximate surface area is 119 Å². The van der Waals surface area contributed by atoms with Crippen molar-refractivity contribution in [1.82, 2.24) is 15.1 Å². The monoisotopic (exact) mass is 287 g/mol. The number of aliphatic hydroxyl groups excluding tert-OH is 1. The van der Waals surface area contributed by atoms with Crippen molar-refractivity contribution in [3.05, 3.63) is 53.5 Å². The van der Waals surface area contributed by atoms with Crippen LogP contribution in [0.2, 0.25) is 0 Å². The van der Waals surface area contributed by atoms with Crippen LogP contribution in [0.5, 0.6) is 0 Å². The molecular weight excluding hydrogens is 274 g/mol. The molecule has 3 rings (SSSR count). The minimum atomic E-state index is -0.675. The van der Waals surface area contributed by atoms with Gasteiger partial charge in [-0.2, -0.15) is 4.98 Å². The molecule has 0 bridgehead atoms. The molecule has 0 saturated carbocycles. The normalized spacial score (nSPS) is 14.1. The minimum Gasteiger partial charge on any atom is -0.388 e. The Morgan fingerprint density at radius 2 is 2.05 bits per heavy atom. The second-order valence-electron chi connectivity index (χ2n) is 4.47. The van der Waals surface area contributed by atoms with Crippen LogP contribution in [0.4, 0.5) is 0 Å². The van der Waals surface area contributed by atoms with Crippen LogP contribution in [-0.2, 0) is 0 Å². The van der Waals surface area contributed by atoms with Gasteiger partial charge in [-0.05, 0) is 5.56 Å². The van der Waals surface area contributed by atoms with Crippen LogP contribution in [0.3, 0.4) is 0 Å². The van der Waals surface area contributed by atoms with Crippen molar-refractivity contribution in [1.29, 1.82) is 0 Å². The number of nitrogens with zero attached hydrogens (tertiary/aromatic N) is 3. The van der Waals surface area contributed by atoms with Crippen molar-refractivity contribution in [2.24, 2.45) is 0 Å². The molecule has 0 radical (unpaired) electrons. The minimum absolute atomic E-state index is 0.272. The van der Waals surface area contributed by atoms with E-state index in [4.69, 9.17) is 4.52 Å². The predicted octanol–water partition coefficient (Wildman–Crippen LogP) is 3.03. The highest BCUT2D eigenvalue weighted by Gasteiger charge is 2.24. The average Bonchev–Trinajstić information content (AvgIpc) is 3.17. The zero-order valence-corrected chi connectivity index (χ0v) is 11.6. The molecule has 0 fully saturated rings. The predicted molar refractivity (Wildman–Crippen MR) is 75.2 cm³/mol. The summed E-state index contributed by atoms with van der Waals surface area (Å²) in [6, 6.07) is 9.45. The molecule has 2 heterocycles. The number of benzene rings is 1. The lowest BCUT2D eigenvalue weighted by atomic mass is 9.97. The summed E-state index contributed by atoms with van der Waals surface area (Å²) < 4.78 is 5.25. The van der Waals surface area contributed by atoms with E-state index in [9.17, 15) is 5.11 Å². The van der Waals surface area contributed by atoms with E-state index in [1.807, 2.05) is 37.3 Å². The highest BCUT2D eigenvalue weighted by atomic mass is 32.1. The number of hydrogen-bond acceptors (Lipinski definition) is 6. The standard InChI is InChI=1S/C14H13N3O2S/c1-9(12(18)10-5-3-2-4-6-10)14-16-13(17-19-14)11-7-15-8-20-11/h2-9,12,18H,1H3. The molecule has 0 spiro atoms. The topological polar surface area (TPSA) is 72.0 Å². The molecule has 2 aromatic heterocycles. The van der Waals surface area contributed by atoms with Gasteiger partial charge in [-0.15, -0.1) is 11.3 Å². The van der Waals surface area contributed by atoms with E-state index in [1.165, 1.54) is 11.3 Å². The van der Waals surface area contributed by atoms with Gasteiger partial charge in [0.2, 0.25) is 11.7 Å². The molecule has 0 aliphatic carbocycles. The van der Waals surface area contributed by atoms with E-state index < -0.39 is 6.10 Å². The van der Waals surface area contributed by atoms with Crippen molar-refractivity contribution >= 4 is 11.3 Å². The fourth-order valence-electron chi connectivity index (χ4n) is 1.92. The van der Waals surface area contributed by atoms with E-state index in [1.54, 1.807) is 11.7 Å². The van der Waals surface area contributed by atoms with Crippen LogP contribution in [0.25, 0.3) is 10.7 Å². The second kappa shape index (κ2) is 5.52. The summed E-state index contributed by atoms with van der Waals surface area (Å²) in [6.07, 6.45) is 1.02. The number of aromatic nitrogens is 3. The van der Waals surface area contributed by atoms with Crippen molar-refractivity contribution in [3.63, 3.8) is 0 Å². The van der Waals surface area contributed by atoms with Crippen LogP contribution < -0.4 is 0 Å². The van der Waals surface area contributed by atoms with Gasteiger partial charge in [0.05, 0.1) is 22.4 Å². The zero-order chi connectivity index (χ0) is 13.9. The third-order valence-electron chi connectivity index (χ3n) is 3.10. The Hall–Kier alpha value is -2.05. The molecular formula is C14H13N3O2S. The maximum atomic E-state index is 10.3.